The third-order valence-electron chi connectivity index (χ3n) is 3.49. The van der Waals surface area contributed by atoms with Gasteiger partial charge in [0, 0.05) is 37.8 Å². The van der Waals surface area contributed by atoms with Gasteiger partial charge in [0.15, 0.2) is 0 Å². The van der Waals surface area contributed by atoms with Crippen molar-refractivity contribution in [3.05, 3.63) is 0 Å². The Hall–Kier alpha value is -0.120. The second-order valence-corrected chi connectivity index (χ2v) is 5.55. The van der Waals surface area contributed by atoms with E-state index >= 15 is 0 Å². The number of nitrogens with one attached hydrogen (secondary N) is 1. The summed E-state index contributed by atoms with van der Waals surface area (Å²) in [7, 11) is 0. The highest BCUT2D eigenvalue weighted by Crippen LogP contribution is 2.31. The van der Waals surface area contributed by atoms with E-state index in [4.69, 9.17) is 9.47 Å². The molecule has 1 atom stereocenters. The molecule has 0 aromatic heterocycles. The standard InChI is InChI=1S/C14H29NO2/c1-4-5-8-16-9-6-14(7-10-17-12-14)11-15-13(2)3/h13,15H,4-12H2,1-3H3. The highest BCUT2D eigenvalue weighted by Gasteiger charge is 2.34. The lowest BCUT2D eigenvalue weighted by molar-refractivity contribution is 0.0781. The molecule has 0 aromatic carbocycles. The summed E-state index contributed by atoms with van der Waals surface area (Å²) < 4.78 is 11.3. The maximum atomic E-state index is 5.68. The Labute approximate surface area is 106 Å². The van der Waals surface area contributed by atoms with Gasteiger partial charge in [-0.15, -0.1) is 0 Å². The third kappa shape index (κ3) is 5.84. The third-order valence-corrected chi connectivity index (χ3v) is 3.49. The van der Waals surface area contributed by atoms with Gasteiger partial charge in [-0.2, -0.15) is 0 Å². The normalized spacial score (nSPS) is 24.7. The minimum atomic E-state index is 0.316. The van der Waals surface area contributed by atoms with Crippen molar-refractivity contribution < 1.29 is 9.47 Å². The summed E-state index contributed by atoms with van der Waals surface area (Å²) in [6.07, 6.45) is 4.68. The molecule has 17 heavy (non-hydrogen) atoms. The first-order valence-corrected chi connectivity index (χ1v) is 7.07. The molecule has 0 radical (unpaired) electrons. The van der Waals surface area contributed by atoms with Crippen molar-refractivity contribution in [2.24, 2.45) is 5.41 Å². The number of hydrogen-bond donors (Lipinski definition) is 1. The maximum Gasteiger partial charge on any atom is 0.0536 e. The molecule has 102 valence electrons. The van der Waals surface area contributed by atoms with Gasteiger partial charge >= 0.3 is 0 Å². The molecule has 3 heteroatoms. The fourth-order valence-corrected chi connectivity index (χ4v) is 2.13. The molecular weight excluding hydrogens is 214 g/mol. The summed E-state index contributed by atoms with van der Waals surface area (Å²) in [6, 6.07) is 0.550. The number of rotatable bonds is 9. The zero-order valence-electron chi connectivity index (χ0n) is 11.8. The van der Waals surface area contributed by atoms with Crippen LogP contribution in [0.4, 0.5) is 0 Å². The van der Waals surface area contributed by atoms with Crippen LogP contribution in [0.25, 0.3) is 0 Å². The van der Waals surface area contributed by atoms with Gasteiger partial charge in [0.25, 0.3) is 0 Å². The molecule has 0 amide bonds. The maximum absolute atomic E-state index is 5.68. The highest BCUT2D eigenvalue weighted by atomic mass is 16.5. The molecule has 1 rings (SSSR count). The van der Waals surface area contributed by atoms with Crippen molar-refractivity contribution in [3.63, 3.8) is 0 Å². The second kappa shape index (κ2) is 8.06. The van der Waals surface area contributed by atoms with E-state index in [0.29, 0.717) is 11.5 Å². The van der Waals surface area contributed by atoms with Gasteiger partial charge in [-0.3, -0.25) is 0 Å². The predicted molar refractivity (Wildman–Crippen MR) is 71.4 cm³/mol. The number of unbranched alkanes of at least 4 members (excludes halogenated alkanes) is 1. The van der Waals surface area contributed by atoms with Crippen molar-refractivity contribution in [2.45, 2.75) is 52.5 Å². The van der Waals surface area contributed by atoms with E-state index in [1.54, 1.807) is 0 Å². The lowest BCUT2D eigenvalue weighted by Gasteiger charge is -2.28. The van der Waals surface area contributed by atoms with E-state index in [2.05, 4.69) is 26.1 Å². The van der Waals surface area contributed by atoms with E-state index in [1.807, 2.05) is 0 Å². The van der Waals surface area contributed by atoms with Crippen LogP contribution in [0.1, 0.15) is 46.5 Å². The molecule has 0 aromatic rings. The van der Waals surface area contributed by atoms with Gasteiger partial charge in [-0.25, -0.2) is 0 Å². The Bertz CT molecular complexity index is 189. The van der Waals surface area contributed by atoms with Gasteiger partial charge in [0.1, 0.15) is 0 Å². The van der Waals surface area contributed by atoms with Gasteiger partial charge in [0.05, 0.1) is 6.61 Å². The SMILES string of the molecule is CCCCOCCC1(CNC(C)C)CCOC1. The van der Waals surface area contributed by atoms with E-state index in [-0.39, 0.29) is 0 Å². The Balaban J connectivity index is 2.22. The monoisotopic (exact) mass is 243 g/mol. The molecule has 1 fully saturated rings. The molecule has 1 heterocycles. The summed E-state index contributed by atoms with van der Waals surface area (Å²) in [5.41, 5.74) is 0.316. The first kappa shape index (κ1) is 14.9. The molecule has 1 saturated heterocycles. The topological polar surface area (TPSA) is 30.5 Å². The lowest BCUT2D eigenvalue weighted by atomic mass is 9.84. The van der Waals surface area contributed by atoms with Crippen LogP contribution >= 0.6 is 0 Å². The highest BCUT2D eigenvalue weighted by molar-refractivity contribution is 4.85. The predicted octanol–water partition coefficient (Wildman–Crippen LogP) is 2.60. The van der Waals surface area contributed by atoms with Crippen molar-refractivity contribution in [2.75, 3.05) is 33.0 Å². The van der Waals surface area contributed by atoms with Crippen LogP contribution in [0.2, 0.25) is 0 Å². The Morgan fingerprint density at radius 3 is 2.76 bits per heavy atom. The van der Waals surface area contributed by atoms with E-state index < -0.39 is 0 Å². The molecule has 1 unspecified atom stereocenters. The molecule has 1 aliphatic rings. The van der Waals surface area contributed by atoms with Crippen LogP contribution in [0, 0.1) is 5.41 Å². The van der Waals surface area contributed by atoms with Crippen molar-refractivity contribution in [1.82, 2.24) is 5.32 Å². The average Bonchev–Trinajstić information content (AvgIpc) is 2.76. The number of hydrogen-bond acceptors (Lipinski definition) is 3. The fourth-order valence-electron chi connectivity index (χ4n) is 2.13. The summed E-state index contributed by atoms with van der Waals surface area (Å²) in [6.45, 7) is 11.2. The van der Waals surface area contributed by atoms with Gasteiger partial charge in [-0.05, 0) is 19.3 Å². The smallest absolute Gasteiger partial charge is 0.0536 e. The fraction of sp³-hybridized carbons (Fsp3) is 1.00. The minimum Gasteiger partial charge on any atom is -0.381 e. The summed E-state index contributed by atoms with van der Waals surface area (Å²) in [5.74, 6) is 0. The molecule has 0 aliphatic carbocycles. The van der Waals surface area contributed by atoms with Gasteiger partial charge in [0.2, 0.25) is 0 Å². The quantitative estimate of drug-likeness (QED) is 0.631. The van der Waals surface area contributed by atoms with Crippen LogP contribution < -0.4 is 5.32 Å². The van der Waals surface area contributed by atoms with Crippen LogP contribution in [-0.2, 0) is 9.47 Å². The van der Waals surface area contributed by atoms with Crippen molar-refractivity contribution >= 4 is 0 Å². The van der Waals surface area contributed by atoms with Gasteiger partial charge < -0.3 is 14.8 Å². The molecule has 0 bridgehead atoms. The first-order chi connectivity index (χ1) is 8.18. The summed E-state index contributed by atoms with van der Waals surface area (Å²) in [5, 5.41) is 3.54. The molecule has 1 aliphatic heterocycles. The lowest BCUT2D eigenvalue weighted by Crippen LogP contribution is -2.39. The summed E-state index contributed by atoms with van der Waals surface area (Å²) >= 11 is 0. The van der Waals surface area contributed by atoms with E-state index in [9.17, 15) is 0 Å². The minimum absolute atomic E-state index is 0.316. The molecule has 1 N–H and O–H groups in total. The van der Waals surface area contributed by atoms with Gasteiger partial charge in [-0.1, -0.05) is 27.2 Å². The van der Waals surface area contributed by atoms with Crippen LogP contribution in [0.15, 0.2) is 0 Å². The zero-order chi connectivity index (χ0) is 12.6. The van der Waals surface area contributed by atoms with Crippen LogP contribution in [0.5, 0.6) is 0 Å². The van der Waals surface area contributed by atoms with Crippen LogP contribution in [0.3, 0.4) is 0 Å². The van der Waals surface area contributed by atoms with Crippen LogP contribution in [-0.4, -0.2) is 39.0 Å². The number of ether oxygens (including phenoxy) is 2. The van der Waals surface area contributed by atoms with E-state index in [1.165, 1.54) is 19.3 Å². The average molecular weight is 243 g/mol. The Kier molecular flexibility index (Phi) is 7.09. The second-order valence-electron chi connectivity index (χ2n) is 5.55. The van der Waals surface area contributed by atoms with Crippen molar-refractivity contribution in [1.29, 1.82) is 0 Å². The molecular formula is C14H29NO2. The largest absolute Gasteiger partial charge is 0.381 e. The zero-order valence-corrected chi connectivity index (χ0v) is 11.8. The van der Waals surface area contributed by atoms with E-state index in [0.717, 1.165) is 39.4 Å². The Morgan fingerprint density at radius 1 is 1.35 bits per heavy atom. The molecule has 0 saturated carbocycles. The summed E-state index contributed by atoms with van der Waals surface area (Å²) in [4.78, 5) is 0. The Morgan fingerprint density at radius 2 is 2.18 bits per heavy atom. The first-order valence-electron chi connectivity index (χ1n) is 7.07. The molecule has 0 spiro atoms. The molecule has 3 nitrogen and oxygen atoms in total. The van der Waals surface area contributed by atoms with Crippen molar-refractivity contribution in [3.8, 4) is 0 Å².